The quantitative estimate of drug-likeness (QED) is 0.171. The molecule has 0 atom stereocenters. The average molecular weight is 508 g/mol. The number of ether oxygens (including phenoxy) is 1. The predicted molar refractivity (Wildman–Crippen MR) is 151 cm³/mol. The molecule has 0 saturated carbocycles. The van der Waals surface area contributed by atoms with Crippen LogP contribution in [0.25, 0.3) is 11.4 Å². The Labute approximate surface area is 224 Å². The first kappa shape index (κ1) is 26.8. The third-order valence-corrected chi connectivity index (χ3v) is 6.49. The molecule has 7 heteroatoms. The highest BCUT2D eigenvalue weighted by atomic mass is 16.5. The first-order chi connectivity index (χ1) is 18.6. The Kier molecular flexibility index (Phi) is 9.38. The van der Waals surface area contributed by atoms with Gasteiger partial charge in [-0.15, -0.1) is 6.42 Å². The van der Waals surface area contributed by atoms with E-state index in [1.807, 2.05) is 67.6 Å². The summed E-state index contributed by atoms with van der Waals surface area (Å²) in [5.41, 5.74) is 4.00. The van der Waals surface area contributed by atoms with Crippen LogP contribution in [0.15, 0.2) is 78.2 Å². The number of hydrogen-bond donors (Lipinski definition) is 0. The number of piperidine rings is 1. The number of carbonyl (C=O) groups is 1. The van der Waals surface area contributed by atoms with Gasteiger partial charge in [0.2, 0.25) is 6.41 Å². The van der Waals surface area contributed by atoms with Gasteiger partial charge in [-0.05, 0) is 75.7 Å². The topological polar surface area (TPSA) is 70.9 Å². The molecule has 0 bridgehead atoms. The molecular formula is C31H33N5O2. The number of carbonyl (C=O) groups excluding carboxylic acids is 1. The van der Waals surface area contributed by atoms with E-state index in [0.717, 1.165) is 48.2 Å². The van der Waals surface area contributed by atoms with Gasteiger partial charge in [0.05, 0.1) is 31.3 Å². The van der Waals surface area contributed by atoms with Crippen molar-refractivity contribution < 1.29 is 9.53 Å². The molecule has 0 radical (unpaired) electrons. The minimum Gasteiger partial charge on any atom is -0.490 e. The van der Waals surface area contributed by atoms with Gasteiger partial charge in [0.1, 0.15) is 0 Å². The molecule has 4 rings (SSSR count). The van der Waals surface area contributed by atoms with Gasteiger partial charge in [-0.3, -0.25) is 4.79 Å². The molecule has 0 unspecified atom stereocenters. The molecule has 0 aliphatic carbocycles. The molecular weight excluding hydrogens is 474 g/mol. The molecule has 2 heterocycles. The van der Waals surface area contributed by atoms with E-state index in [-0.39, 0.29) is 0 Å². The van der Waals surface area contributed by atoms with E-state index in [2.05, 4.69) is 32.9 Å². The predicted octanol–water partition coefficient (Wildman–Crippen LogP) is 4.78. The van der Waals surface area contributed by atoms with E-state index in [4.69, 9.17) is 11.2 Å². The summed E-state index contributed by atoms with van der Waals surface area (Å²) in [7, 11) is 2.16. The summed E-state index contributed by atoms with van der Waals surface area (Å²) in [5.74, 6) is 4.48. The van der Waals surface area contributed by atoms with Crippen LogP contribution in [0.2, 0.25) is 0 Å². The lowest BCUT2D eigenvalue weighted by Crippen LogP contribution is -2.32. The normalized spacial score (nSPS) is 14.8. The maximum absolute atomic E-state index is 11.9. The van der Waals surface area contributed by atoms with Gasteiger partial charge in [-0.1, -0.05) is 42.3 Å². The Hall–Kier alpha value is -4.28. The third-order valence-electron chi connectivity index (χ3n) is 6.49. The summed E-state index contributed by atoms with van der Waals surface area (Å²) in [4.78, 5) is 23.3. The molecule has 0 spiro atoms. The third kappa shape index (κ3) is 7.37. The molecule has 3 aromatic rings. The molecule has 7 nitrogen and oxygen atoms in total. The van der Waals surface area contributed by atoms with Crippen molar-refractivity contribution in [3.05, 3.63) is 89.8 Å². The molecule has 1 aliphatic rings. The van der Waals surface area contributed by atoms with Crippen molar-refractivity contribution in [2.45, 2.75) is 26.3 Å². The van der Waals surface area contributed by atoms with Crippen LogP contribution in [0.3, 0.4) is 0 Å². The molecule has 38 heavy (non-hydrogen) atoms. The maximum Gasteiger partial charge on any atom is 0.230 e. The van der Waals surface area contributed by atoms with Crippen LogP contribution in [0, 0.1) is 18.3 Å². The summed E-state index contributed by atoms with van der Waals surface area (Å²) in [6.45, 7) is 5.12. The summed E-state index contributed by atoms with van der Waals surface area (Å²) in [6, 6.07) is 15.3. The van der Waals surface area contributed by atoms with Crippen molar-refractivity contribution in [3.63, 3.8) is 0 Å². The lowest BCUT2D eigenvalue weighted by atomic mass is 9.98. The van der Waals surface area contributed by atoms with Crippen LogP contribution < -0.4 is 4.74 Å². The van der Waals surface area contributed by atoms with Crippen LogP contribution in [-0.2, 0) is 11.3 Å². The zero-order valence-electron chi connectivity index (χ0n) is 22.0. The largest absolute Gasteiger partial charge is 0.490 e. The standard InChI is InChI=1S/C31H33N5O2/c1-4-8-30(27-11-6-9-24(5-2)17-27)34-36(23-37)21-26-10-7-12-28(18-26)31-32-19-29(20-33-31)38-22-25-13-15-35(3)16-14-25/h2,4,6-12,17-20,23,25H,13-16,21-22H2,1,3H3/b8-4-,34-30+. The lowest BCUT2D eigenvalue weighted by Gasteiger charge is -2.28. The van der Waals surface area contributed by atoms with E-state index in [1.165, 1.54) is 5.01 Å². The van der Waals surface area contributed by atoms with E-state index in [0.29, 0.717) is 42.8 Å². The Bertz CT molecular complexity index is 1320. The fraction of sp³-hybridized carbons (Fsp3) is 0.290. The number of aromatic nitrogens is 2. The number of hydrogen-bond acceptors (Lipinski definition) is 6. The fourth-order valence-electron chi connectivity index (χ4n) is 4.33. The van der Waals surface area contributed by atoms with Gasteiger partial charge in [-0.2, -0.15) is 5.10 Å². The molecule has 194 valence electrons. The second-order valence-electron chi connectivity index (χ2n) is 9.41. The average Bonchev–Trinajstić information content (AvgIpc) is 2.96. The zero-order chi connectivity index (χ0) is 26.7. The SMILES string of the molecule is C#Cc1cccc(C(/C=C\C)=N/N(C=O)Cc2cccc(-c3ncc(OCC4CCN(C)CC4)cn3)c2)c1. The van der Waals surface area contributed by atoms with E-state index in [9.17, 15) is 4.79 Å². The van der Waals surface area contributed by atoms with Gasteiger partial charge in [0.25, 0.3) is 0 Å². The first-order valence-corrected chi connectivity index (χ1v) is 12.8. The van der Waals surface area contributed by atoms with Crippen molar-refractivity contribution in [3.8, 4) is 29.5 Å². The Morgan fingerprint density at radius 2 is 1.95 bits per heavy atom. The first-order valence-electron chi connectivity index (χ1n) is 12.8. The van der Waals surface area contributed by atoms with Gasteiger partial charge in [0, 0.05) is 16.7 Å². The van der Waals surface area contributed by atoms with Gasteiger partial charge in [0.15, 0.2) is 11.6 Å². The molecule has 0 N–H and O–H groups in total. The summed E-state index contributed by atoms with van der Waals surface area (Å²) in [5, 5.41) is 5.95. The lowest BCUT2D eigenvalue weighted by molar-refractivity contribution is -0.118. The van der Waals surface area contributed by atoms with Gasteiger partial charge < -0.3 is 9.64 Å². The smallest absolute Gasteiger partial charge is 0.230 e. The molecule has 1 aromatic heterocycles. The number of benzene rings is 2. The van der Waals surface area contributed by atoms with Crippen molar-refractivity contribution in [1.82, 2.24) is 19.9 Å². The molecule has 1 saturated heterocycles. The number of nitrogens with zero attached hydrogens (tertiary/aromatic N) is 5. The number of rotatable bonds is 10. The van der Waals surface area contributed by atoms with Gasteiger partial charge >= 0.3 is 0 Å². The van der Waals surface area contributed by atoms with Crippen LogP contribution in [0.4, 0.5) is 0 Å². The van der Waals surface area contributed by atoms with E-state index >= 15 is 0 Å². The van der Waals surface area contributed by atoms with Crippen molar-refractivity contribution in [2.24, 2.45) is 11.0 Å². The monoisotopic (exact) mass is 507 g/mol. The summed E-state index contributed by atoms with van der Waals surface area (Å²) < 4.78 is 5.95. The van der Waals surface area contributed by atoms with Crippen molar-refractivity contribution >= 4 is 12.1 Å². The van der Waals surface area contributed by atoms with Crippen molar-refractivity contribution in [1.29, 1.82) is 0 Å². The highest BCUT2D eigenvalue weighted by Gasteiger charge is 2.17. The molecule has 1 aliphatic heterocycles. The van der Waals surface area contributed by atoms with E-state index < -0.39 is 0 Å². The number of allylic oxidation sites excluding steroid dienone is 2. The minimum atomic E-state index is 0.297. The van der Waals surface area contributed by atoms with Crippen LogP contribution >= 0.6 is 0 Å². The number of amides is 1. The van der Waals surface area contributed by atoms with E-state index in [1.54, 1.807) is 12.4 Å². The number of terminal acetylenes is 1. The number of hydrazone groups is 1. The highest BCUT2D eigenvalue weighted by Crippen LogP contribution is 2.21. The van der Waals surface area contributed by atoms with Crippen LogP contribution in [0.1, 0.15) is 36.5 Å². The van der Waals surface area contributed by atoms with Crippen molar-refractivity contribution in [2.75, 3.05) is 26.7 Å². The Morgan fingerprint density at radius 1 is 1.18 bits per heavy atom. The Morgan fingerprint density at radius 3 is 2.66 bits per heavy atom. The Balaban J connectivity index is 1.44. The minimum absolute atomic E-state index is 0.297. The molecule has 1 fully saturated rings. The van der Waals surface area contributed by atoms with Gasteiger partial charge in [-0.25, -0.2) is 15.0 Å². The zero-order valence-corrected chi connectivity index (χ0v) is 22.0. The van der Waals surface area contributed by atoms with Crippen LogP contribution in [0.5, 0.6) is 5.75 Å². The molecule has 2 aromatic carbocycles. The second-order valence-corrected chi connectivity index (χ2v) is 9.41. The van der Waals surface area contributed by atoms with Crippen LogP contribution in [-0.4, -0.2) is 58.7 Å². The summed E-state index contributed by atoms with van der Waals surface area (Å²) in [6.07, 6.45) is 15.7. The maximum atomic E-state index is 11.9. The highest BCUT2D eigenvalue weighted by molar-refractivity contribution is 6.08. The summed E-state index contributed by atoms with van der Waals surface area (Å²) >= 11 is 0. The fourth-order valence-corrected chi connectivity index (χ4v) is 4.33. The number of likely N-dealkylation sites (tertiary alicyclic amines) is 1. The second kappa shape index (κ2) is 13.3. The molecule has 1 amide bonds.